The Kier molecular flexibility index (Phi) is 6.08. The van der Waals surface area contributed by atoms with Gasteiger partial charge >= 0.3 is 6.09 Å². The number of hydrogen-bond donors (Lipinski definition) is 3. The molecule has 1 atom stereocenters. The topological polar surface area (TPSA) is 96.1 Å². The van der Waals surface area contributed by atoms with Crippen molar-refractivity contribution >= 4 is 40.3 Å². The van der Waals surface area contributed by atoms with Crippen molar-refractivity contribution in [3.63, 3.8) is 0 Å². The summed E-state index contributed by atoms with van der Waals surface area (Å²) in [6, 6.07) is 13.9. The predicted molar refractivity (Wildman–Crippen MR) is 113 cm³/mol. The largest absolute Gasteiger partial charge is 0.444 e. The average molecular weight is 415 g/mol. The summed E-state index contributed by atoms with van der Waals surface area (Å²) in [6.07, 6.45) is -0.363. The molecule has 29 heavy (non-hydrogen) atoms. The molecule has 0 bridgehead atoms. The van der Waals surface area contributed by atoms with E-state index >= 15 is 0 Å². The minimum atomic E-state index is -0.849. The highest BCUT2D eigenvalue weighted by atomic mass is 35.5. The fraction of sp³-hybridized carbons (Fsp3) is 0.286. The number of nitrogens with zero attached hydrogens (tertiary/aromatic N) is 1. The van der Waals surface area contributed by atoms with Gasteiger partial charge in [0.25, 0.3) is 0 Å². The maximum atomic E-state index is 13.0. The van der Waals surface area contributed by atoms with E-state index in [1.165, 1.54) is 0 Å². The molecule has 3 N–H and O–H groups in total. The number of amides is 2. The number of ether oxygens (including phenoxy) is 1. The lowest BCUT2D eigenvalue weighted by Crippen LogP contribution is -2.47. The SMILES string of the molecule is CC(C)(C)OC(=O)N[C@@H](Cc1ccccc1)C(=O)Nc1n[nH]c2c(Cl)cccc12. The normalized spacial score (nSPS) is 12.4. The summed E-state index contributed by atoms with van der Waals surface area (Å²) in [7, 11) is 0. The van der Waals surface area contributed by atoms with Gasteiger partial charge in [0.05, 0.1) is 10.5 Å². The Morgan fingerprint density at radius 3 is 2.55 bits per heavy atom. The van der Waals surface area contributed by atoms with Crippen molar-refractivity contribution in [3.8, 4) is 0 Å². The van der Waals surface area contributed by atoms with E-state index in [4.69, 9.17) is 16.3 Å². The molecule has 3 rings (SSSR count). The van der Waals surface area contributed by atoms with Crippen LogP contribution in [-0.2, 0) is 16.0 Å². The molecule has 8 heteroatoms. The summed E-state index contributed by atoms with van der Waals surface area (Å²) in [5.74, 6) is -0.0651. The Bertz CT molecular complexity index is 1010. The van der Waals surface area contributed by atoms with Crippen molar-refractivity contribution < 1.29 is 14.3 Å². The minimum absolute atomic E-state index is 0.301. The predicted octanol–water partition coefficient (Wildman–Crippen LogP) is 4.29. The van der Waals surface area contributed by atoms with Gasteiger partial charge in [-0.3, -0.25) is 9.89 Å². The first-order chi connectivity index (χ1) is 13.7. The van der Waals surface area contributed by atoms with E-state index in [0.717, 1.165) is 5.56 Å². The monoisotopic (exact) mass is 414 g/mol. The first kappa shape index (κ1) is 20.7. The van der Waals surface area contributed by atoms with Crippen LogP contribution in [0.25, 0.3) is 10.9 Å². The highest BCUT2D eigenvalue weighted by molar-refractivity contribution is 6.35. The van der Waals surface area contributed by atoms with Gasteiger partial charge in [0.2, 0.25) is 5.91 Å². The summed E-state index contributed by atoms with van der Waals surface area (Å²) in [5, 5.41) is 13.6. The third-order valence-corrected chi connectivity index (χ3v) is 4.39. The molecule has 0 fully saturated rings. The van der Waals surface area contributed by atoms with E-state index in [0.29, 0.717) is 28.2 Å². The molecular weight excluding hydrogens is 392 g/mol. The molecule has 152 valence electrons. The number of aromatic amines is 1. The maximum Gasteiger partial charge on any atom is 0.408 e. The average Bonchev–Trinajstić information content (AvgIpc) is 3.05. The van der Waals surface area contributed by atoms with Crippen LogP contribution in [0.15, 0.2) is 48.5 Å². The zero-order chi connectivity index (χ0) is 21.0. The van der Waals surface area contributed by atoms with Crippen molar-refractivity contribution in [2.24, 2.45) is 0 Å². The molecule has 3 aromatic rings. The lowest BCUT2D eigenvalue weighted by atomic mass is 10.1. The molecule has 2 amide bonds. The highest BCUT2D eigenvalue weighted by Gasteiger charge is 2.26. The van der Waals surface area contributed by atoms with E-state index in [1.807, 2.05) is 30.3 Å². The fourth-order valence-electron chi connectivity index (χ4n) is 2.82. The molecule has 0 aliphatic heterocycles. The number of fused-ring (bicyclic) bond motifs is 1. The van der Waals surface area contributed by atoms with Gasteiger partial charge in [-0.15, -0.1) is 0 Å². The Morgan fingerprint density at radius 2 is 1.86 bits per heavy atom. The standard InChI is InChI=1S/C21H23ClN4O3/c1-21(2,3)29-20(28)23-16(12-13-8-5-4-6-9-13)19(27)24-18-14-10-7-11-15(22)17(14)25-26-18/h4-11,16H,12H2,1-3H3,(H,23,28)(H2,24,25,26,27)/t16-/m0/s1. The maximum absolute atomic E-state index is 13.0. The zero-order valence-corrected chi connectivity index (χ0v) is 17.2. The molecule has 7 nitrogen and oxygen atoms in total. The van der Waals surface area contributed by atoms with Gasteiger partial charge in [-0.05, 0) is 38.5 Å². The Morgan fingerprint density at radius 1 is 1.14 bits per heavy atom. The molecule has 0 spiro atoms. The van der Waals surface area contributed by atoms with Crippen LogP contribution in [0.3, 0.4) is 0 Å². The number of carbonyl (C=O) groups is 2. The van der Waals surface area contributed by atoms with Crippen molar-refractivity contribution in [2.75, 3.05) is 5.32 Å². The molecule has 0 unspecified atom stereocenters. The van der Waals surface area contributed by atoms with Crippen molar-refractivity contribution in [2.45, 2.75) is 38.8 Å². The molecule has 1 heterocycles. The van der Waals surface area contributed by atoms with Gasteiger partial charge in [-0.1, -0.05) is 48.0 Å². The van der Waals surface area contributed by atoms with Gasteiger partial charge in [0.15, 0.2) is 5.82 Å². The van der Waals surface area contributed by atoms with Crippen molar-refractivity contribution in [1.82, 2.24) is 15.5 Å². The molecule has 2 aromatic carbocycles. The summed E-state index contributed by atoms with van der Waals surface area (Å²) in [4.78, 5) is 25.2. The van der Waals surface area contributed by atoms with E-state index < -0.39 is 23.6 Å². The first-order valence-corrected chi connectivity index (χ1v) is 9.57. The van der Waals surface area contributed by atoms with Crippen LogP contribution >= 0.6 is 11.6 Å². The van der Waals surface area contributed by atoms with Crippen LogP contribution in [-0.4, -0.2) is 33.8 Å². The lowest BCUT2D eigenvalue weighted by molar-refractivity contribution is -0.118. The van der Waals surface area contributed by atoms with Crippen LogP contribution in [0.2, 0.25) is 5.02 Å². The minimum Gasteiger partial charge on any atom is -0.444 e. The number of benzene rings is 2. The molecular formula is C21H23ClN4O3. The van der Waals surface area contributed by atoms with Crippen LogP contribution in [0.5, 0.6) is 0 Å². The molecule has 0 aliphatic rings. The summed E-state index contributed by atoms with van der Waals surface area (Å²) >= 11 is 6.15. The van der Waals surface area contributed by atoms with Gasteiger partial charge in [-0.25, -0.2) is 4.79 Å². The third kappa shape index (κ3) is 5.48. The zero-order valence-electron chi connectivity index (χ0n) is 16.5. The van der Waals surface area contributed by atoms with E-state index in [-0.39, 0.29) is 0 Å². The van der Waals surface area contributed by atoms with Crippen LogP contribution < -0.4 is 10.6 Å². The number of alkyl carbamates (subject to hydrolysis) is 1. The third-order valence-electron chi connectivity index (χ3n) is 4.08. The lowest BCUT2D eigenvalue weighted by Gasteiger charge is -2.23. The fourth-order valence-corrected chi connectivity index (χ4v) is 3.03. The van der Waals surface area contributed by atoms with Gasteiger partial charge in [0.1, 0.15) is 11.6 Å². The van der Waals surface area contributed by atoms with Gasteiger partial charge < -0.3 is 15.4 Å². The Labute approximate surface area is 173 Å². The van der Waals surface area contributed by atoms with Crippen LogP contribution in [0.1, 0.15) is 26.3 Å². The second-order valence-corrected chi connectivity index (χ2v) is 8.02. The number of carbonyl (C=O) groups excluding carboxylic acids is 2. The Balaban J connectivity index is 1.80. The van der Waals surface area contributed by atoms with Crippen molar-refractivity contribution in [3.05, 3.63) is 59.1 Å². The summed E-state index contributed by atoms with van der Waals surface area (Å²) < 4.78 is 5.31. The van der Waals surface area contributed by atoms with Crippen LogP contribution in [0.4, 0.5) is 10.6 Å². The summed E-state index contributed by atoms with van der Waals surface area (Å²) in [5.41, 5.74) is 0.857. The highest BCUT2D eigenvalue weighted by Crippen LogP contribution is 2.26. The summed E-state index contributed by atoms with van der Waals surface area (Å²) in [6.45, 7) is 5.29. The number of nitrogens with one attached hydrogen (secondary N) is 3. The smallest absolute Gasteiger partial charge is 0.408 e. The second kappa shape index (κ2) is 8.53. The molecule has 0 radical (unpaired) electrons. The number of halogens is 1. The van der Waals surface area contributed by atoms with E-state index in [9.17, 15) is 9.59 Å². The number of para-hydroxylation sites is 1. The molecule has 0 saturated heterocycles. The quantitative estimate of drug-likeness (QED) is 0.580. The van der Waals surface area contributed by atoms with E-state index in [1.54, 1.807) is 39.0 Å². The second-order valence-electron chi connectivity index (χ2n) is 7.61. The molecule has 0 saturated carbocycles. The Hall–Kier alpha value is -3.06. The number of hydrogen-bond acceptors (Lipinski definition) is 4. The van der Waals surface area contributed by atoms with Gasteiger partial charge in [-0.2, -0.15) is 5.10 Å². The number of rotatable bonds is 5. The number of anilines is 1. The first-order valence-electron chi connectivity index (χ1n) is 9.20. The van der Waals surface area contributed by atoms with Gasteiger partial charge in [0, 0.05) is 11.8 Å². The molecule has 1 aromatic heterocycles. The number of aromatic nitrogens is 2. The van der Waals surface area contributed by atoms with Crippen LogP contribution in [0, 0.1) is 0 Å². The van der Waals surface area contributed by atoms with Crippen molar-refractivity contribution in [1.29, 1.82) is 0 Å². The molecule has 0 aliphatic carbocycles. The van der Waals surface area contributed by atoms with E-state index in [2.05, 4.69) is 20.8 Å². The number of H-pyrrole nitrogens is 1.